The molecule has 1 aromatic rings. The van der Waals surface area contributed by atoms with Crippen molar-refractivity contribution in [3.63, 3.8) is 0 Å². The normalized spacial score (nSPS) is 10.9. The van der Waals surface area contributed by atoms with Gasteiger partial charge in [-0.15, -0.1) is 0 Å². The summed E-state index contributed by atoms with van der Waals surface area (Å²) in [4.78, 5) is 0.333. The molecule has 0 atom stereocenters. The first-order valence-electron chi connectivity index (χ1n) is 5.32. The molecule has 0 aliphatic rings. The van der Waals surface area contributed by atoms with E-state index in [4.69, 9.17) is 11.6 Å². The molecular formula is C12H19ClO2S. The molecule has 0 aliphatic carbocycles. The van der Waals surface area contributed by atoms with Crippen LogP contribution in [0, 0.1) is 0 Å². The number of hydrogen-bond donors (Lipinski definition) is 0. The quantitative estimate of drug-likeness (QED) is 0.810. The Hall–Kier alpha value is -0.540. The fourth-order valence-corrected chi connectivity index (χ4v) is 2.62. The summed E-state index contributed by atoms with van der Waals surface area (Å²) in [6.45, 7) is 7.91. The molecule has 0 unspecified atom stereocenters. The van der Waals surface area contributed by atoms with Crippen LogP contribution in [0.4, 0.5) is 0 Å². The number of sulfone groups is 1. The molecule has 0 spiro atoms. The third-order valence-corrected chi connectivity index (χ3v) is 3.38. The van der Waals surface area contributed by atoms with E-state index in [1.165, 1.54) is 12.3 Å². The maximum Gasteiger partial charge on any atom is 0.175 e. The van der Waals surface area contributed by atoms with Crippen LogP contribution in [0.1, 0.15) is 39.2 Å². The Balaban J connectivity index is 0.00000106. The highest BCUT2D eigenvalue weighted by atomic mass is 35.5. The van der Waals surface area contributed by atoms with Crippen LogP contribution < -0.4 is 0 Å². The minimum absolute atomic E-state index is 0.178. The summed E-state index contributed by atoms with van der Waals surface area (Å²) >= 11 is 5.76. The molecule has 0 heterocycles. The first-order chi connectivity index (χ1) is 7.32. The summed E-state index contributed by atoms with van der Waals surface area (Å²) in [6.07, 6.45) is 1.20. The Morgan fingerprint density at radius 1 is 1.19 bits per heavy atom. The van der Waals surface area contributed by atoms with E-state index < -0.39 is 9.84 Å². The molecule has 0 aliphatic heterocycles. The van der Waals surface area contributed by atoms with Gasteiger partial charge in [-0.1, -0.05) is 45.4 Å². The molecule has 1 rings (SSSR count). The van der Waals surface area contributed by atoms with E-state index >= 15 is 0 Å². The summed E-state index contributed by atoms with van der Waals surface area (Å²) in [7, 11) is -3.19. The highest BCUT2D eigenvalue weighted by molar-refractivity contribution is 7.90. The van der Waals surface area contributed by atoms with Gasteiger partial charge in [0.05, 0.1) is 4.90 Å². The Morgan fingerprint density at radius 2 is 1.69 bits per heavy atom. The second-order valence-electron chi connectivity index (χ2n) is 3.61. The number of halogens is 1. The lowest BCUT2D eigenvalue weighted by Gasteiger charge is -2.11. The van der Waals surface area contributed by atoms with Gasteiger partial charge in [0.2, 0.25) is 0 Å². The van der Waals surface area contributed by atoms with Gasteiger partial charge >= 0.3 is 0 Å². The predicted octanol–water partition coefficient (Wildman–Crippen LogP) is 3.89. The van der Waals surface area contributed by atoms with Crippen LogP contribution in [0.15, 0.2) is 23.1 Å². The van der Waals surface area contributed by atoms with Crippen molar-refractivity contribution in [2.75, 3.05) is 6.26 Å². The van der Waals surface area contributed by atoms with E-state index in [0.29, 0.717) is 9.92 Å². The van der Waals surface area contributed by atoms with E-state index in [9.17, 15) is 8.42 Å². The van der Waals surface area contributed by atoms with Crippen molar-refractivity contribution in [2.24, 2.45) is 0 Å². The molecule has 16 heavy (non-hydrogen) atoms. The van der Waals surface area contributed by atoms with Gasteiger partial charge in [-0.2, -0.15) is 0 Å². The van der Waals surface area contributed by atoms with Crippen molar-refractivity contribution in [3.05, 3.63) is 28.8 Å². The van der Waals surface area contributed by atoms with Crippen LogP contribution in [0.2, 0.25) is 5.02 Å². The van der Waals surface area contributed by atoms with Gasteiger partial charge in [-0.05, 0) is 23.6 Å². The van der Waals surface area contributed by atoms with Crippen molar-refractivity contribution in [1.29, 1.82) is 0 Å². The Bertz CT molecular complexity index is 436. The van der Waals surface area contributed by atoms with Crippen molar-refractivity contribution < 1.29 is 8.42 Å². The molecule has 0 bridgehead atoms. The molecule has 0 fully saturated rings. The SMILES string of the molecule is CC.CC(C)c1ccc(Cl)cc1S(C)(=O)=O. The van der Waals surface area contributed by atoms with Crippen LogP contribution in [0.25, 0.3) is 0 Å². The van der Waals surface area contributed by atoms with Crippen LogP contribution >= 0.6 is 11.6 Å². The zero-order valence-corrected chi connectivity index (χ0v) is 12.0. The Labute approximate surface area is 104 Å². The molecule has 0 saturated carbocycles. The Kier molecular flexibility index (Phi) is 6.05. The van der Waals surface area contributed by atoms with Gasteiger partial charge in [-0.25, -0.2) is 8.42 Å². The lowest BCUT2D eigenvalue weighted by molar-refractivity contribution is 0.599. The molecule has 0 amide bonds. The van der Waals surface area contributed by atoms with Gasteiger partial charge in [0.1, 0.15) is 0 Å². The molecule has 92 valence electrons. The topological polar surface area (TPSA) is 34.1 Å². The van der Waals surface area contributed by atoms with E-state index in [1.807, 2.05) is 27.7 Å². The van der Waals surface area contributed by atoms with Crippen LogP contribution in [-0.4, -0.2) is 14.7 Å². The summed E-state index contributed by atoms with van der Waals surface area (Å²) < 4.78 is 22.9. The van der Waals surface area contributed by atoms with E-state index in [-0.39, 0.29) is 5.92 Å². The highest BCUT2D eigenvalue weighted by Gasteiger charge is 2.15. The molecule has 2 nitrogen and oxygen atoms in total. The second kappa shape index (κ2) is 6.26. The summed E-state index contributed by atoms with van der Waals surface area (Å²) in [5.41, 5.74) is 0.817. The minimum Gasteiger partial charge on any atom is -0.224 e. The van der Waals surface area contributed by atoms with Crippen LogP contribution in [0.5, 0.6) is 0 Å². The smallest absolute Gasteiger partial charge is 0.175 e. The molecule has 1 aromatic carbocycles. The summed E-state index contributed by atoms with van der Waals surface area (Å²) in [5.74, 6) is 0.178. The van der Waals surface area contributed by atoms with Gasteiger partial charge < -0.3 is 0 Å². The Morgan fingerprint density at radius 3 is 2.06 bits per heavy atom. The second-order valence-corrected chi connectivity index (χ2v) is 6.03. The lowest BCUT2D eigenvalue weighted by Crippen LogP contribution is -2.03. The predicted molar refractivity (Wildman–Crippen MR) is 70.0 cm³/mol. The fourth-order valence-electron chi connectivity index (χ4n) is 1.31. The number of benzene rings is 1. The molecular weight excluding hydrogens is 244 g/mol. The van der Waals surface area contributed by atoms with Crippen molar-refractivity contribution in [1.82, 2.24) is 0 Å². The average Bonchev–Trinajstić information content (AvgIpc) is 2.19. The third-order valence-electron chi connectivity index (χ3n) is 2.00. The number of hydrogen-bond acceptors (Lipinski definition) is 2. The molecule has 0 aromatic heterocycles. The zero-order chi connectivity index (χ0) is 12.9. The largest absolute Gasteiger partial charge is 0.224 e. The average molecular weight is 263 g/mol. The fraction of sp³-hybridized carbons (Fsp3) is 0.500. The number of rotatable bonds is 2. The first-order valence-corrected chi connectivity index (χ1v) is 7.59. The maximum absolute atomic E-state index is 11.5. The van der Waals surface area contributed by atoms with Crippen molar-refractivity contribution in [2.45, 2.75) is 38.5 Å². The van der Waals surface area contributed by atoms with Gasteiger partial charge in [0, 0.05) is 11.3 Å². The van der Waals surface area contributed by atoms with Crippen molar-refractivity contribution in [3.8, 4) is 0 Å². The lowest BCUT2D eigenvalue weighted by atomic mass is 10.0. The minimum atomic E-state index is -3.19. The van der Waals surface area contributed by atoms with E-state index in [0.717, 1.165) is 5.56 Å². The van der Waals surface area contributed by atoms with Gasteiger partial charge in [0.25, 0.3) is 0 Å². The van der Waals surface area contributed by atoms with Crippen LogP contribution in [-0.2, 0) is 9.84 Å². The maximum atomic E-state index is 11.5. The molecule has 4 heteroatoms. The van der Waals surface area contributed by atoms with Crippen LogP contribution in [0.3, 0.4) is 0 Å². The molecule has 0 N–H and O–H groups in total. The van der Waals surface area contributed by atoms with E-state index in [1.54, 1.807) is 12.1 Å². The molecule has 0 saturated heterocycles. The summed E-state index contributed by atoms with van der Waals surface area (Å²) in [5, 5.41) is 0.454. The summed E-state index contributed by atoms with van der Waals surface area (Å²) in [6, 6.07) is 4.99. The van der Waals surface area contributed by atoms with Crippen molar-refractivity contribution >= 4 is 21.4 Å². The van der Waals surface area contributed by atoms with E-state index in [2.05, 4.69) is 0 Å². The third kappa shape index (κ3) is 4.14. The first kappa shape index (κ1) is 15.5. The highest BCUT2D eigenvalue weighted by Crippen LogP contribution is 2.26. The molecule has 0 radical (unpaired) electrons. The van der Waals surface area contributed by atoms with Gasteiger partial charge in [-0.3, -0.25) is 0 Å². The monoisotopic (exact) mass is 262 g/mol. The zero-order valence-electron chi connectivity index (χ0n) is 10.4. The standard InChI is InChI=1S/C10H13ClO2S.C2H6/c1-7(2)9-5-4-8(11)6-10(9)14(3,12)13;1-2/h4-7H,1-3H3;1-2H3. The van der Waals surface area contributed by atoms with Gasteiger partial charge in [0.15, 0.2) is 9.84 Å².